The van der Waals surface area contributed by atoms with Gasteiger partial charge in [-0.05, 0) is 18.1 Å². The summed E-state index contributed by atoms with van der Waals surface area (Å²) < 4.78 is 31.4. The van der Waals surface area contributed by atoms with Crippen molar-refractivity contribution in [3.63, 3.8) is 0 Å². The van der Waals surface area contributed by atoms with Gasteiger partial charge in [-0.1, -0.05) is 37.3 Å². The van der Waals surface area contributed by atoms with Crippen LogP contribution in [0.3, 0.4) is 0 Å². The quantitative estimate of drug-likeness (QED) is 0.483. The Morgan fingerprint density at radius 2 is 1.71 bits per heavy atom. The number of hydrogen-bond donors (Lipinski definition) is 2. The summed E-state index contributed by atoms with van der Waals surface area (Å²) in [6, 6.07) is 10.9. The Labute approximate surface area is 180 Å². The first-order valence-electron chi connectivity index (χ1n) is 9.59. The molecule has 164 valence electrons. The molecule has 3 aromatic rings. The molecule has 0 fully saturated rings. The molecule has 0 saturated carbocycles. The maximum Gasteiger partial charge on any atom is 0.263 e. The molecule has 1 heterocycles. The van der Waals surface area contributed by atoms with Crippen LogP contribution in [-0.2, 0) is 10.0 Å². The summed E-state index contributed by atoms with van der Waals surface area (Å²) in [5.41, 5.74) is 0.0618. The second-order valence-corrected chi connectivity index (χ2v) is 9.10. The first kappa shape index (κ1) is 22.4. The lowest BCUT2D eigenvalue weighted by Gasteiger charge is -2.23. The molecule has 0 aliphatic carbocycles. The molecule has 2 N–H and O–H groups in total. The number of aromatic nitrogens is 1. The average Bonchev–Trinajstić information content (AvgIpc) is 2.78. The fraction of sp³-hybridized carbons (Fsp3) is 0.286. The van der Waals surface area contributed by atoms with Crippen molar-refractivity contribution in [1.29, 1.82) is 0 Å². The van der Waals surface area contributed by atoms with Crippen LogP contribution in [0.2, 0.25) is 0 Å². The average molecular weight is 445 g/mol. The van der Waals surface area contributed by atoms with Crippen LogP contribution >= 0.6 is 0 Å². The zero-order valence-electron chi connectivity index (χ0n) is 17.7. The van der Waals surface area contributed by atoms with Gasteiger partial charge < -0.3 is 15.4 Å². The van der Waals surface area contributed by atoms with E-state index < -0.39 is 20.9 Å². The molecular formula is C21H24N4O5S. The van der Waals surface area contributed by atoms with Gasteiger partial charge in [0.15, 0.2) is 5.75 Å². The van der Waals surface area contributed by atoms with E-state index in [1.54, 1.807) is 0 Å². The van der Waals surface area contributed by atoms with E-state index in [2.05, 4.69) is 15.6 Å². The van der Waals surface area contributed by atoms with Gasteiger partial charge >= 0.3 is 0 Å². The fourth-order valence-electron chi connectivity index (χ4n) is 3.15. The first-order valence-corrected chi connectivity index (χ1v) is 11.0. The fourth-order valence-corrected chi connectivity index (χ4v) is 4.11. The predicted octanol–water partition coefficient (Wildman–Crippen LogP) is 2.24. The molecule has 1 atom stereocenters. The van der Waals surface area contributed by atoms with E-state index in [0.717, 1.165) is 9.87 Å². The number of pyridine rings is 1. The summed E-state index contributed by atoms with van der Waals surface area (Å²) in [7, 11) is 0.174. The normalized spacial score (nSPS) is 12.7. The molecule has 0 aliphatic heterocycles. The monoisotopic (exact) mass is 444 g/mol. The van der Waals surface area contributed by atoms with E-state index in [9.17, 15) is 18.0 Å². The number of methoxy groups -OCH3 is 1. The summed E-state index contributed by atoms with van der Waals surface area (Å²) in [4.78, 5) is 28.5. The minimum Gasteiger partial charge on any atom is -0.492 e. The van der Waals surface area contributed by atoms with Crippen LogP contribution in [0.25, 0.3) is 0 Å². The number of hydrogen-bond acceptors (Lipinski definition) is 8. The predicted molar refractivity (Wildman–Crippen MR) is 119 cm³/mol. The van der Waals surface area contributed by atoms with Gasteiger partial charge in [0.25, 0.3) is 20.9 Å². The SMILES string of the molecule is CCC(Nc1c(Nc2ccnc(S(=O)(=O)N(C)C)c2OC)c(=O)c1=O)c1ccccc1. The Morgan fingerprint density at radius 3 is 2.29 bits per heavy atom. The summed E-state index contributed by atoms with van der Waals surface area (Å²) in [5.74, 6) is -0.0506. The maximum absolute atomic E-state index is 12.6. The molecule has 10 heteroatoms. The highest BCUT2D eigenvalue weighted by molar-refractivity contribution is 7.89. The van der Waals surface area contributed by atoms with Gasteiger partial charge in [-0.2, -0.15) is 0 Å². The van der Waals surface area contributed by atoms with E-state index in [1.165, 1.54) is 33.5 Å². The second kappa shape index (κ2) is 8.86. The molecule has 31 heavy (non-hydrogen) atoms. The van der Waals surface area contributed by atoms with Crippen molar-refractivity contribution in [2.75, 3.05) is 31.8 Å². The first-order chi connectivity index (χ1) is 14.7. The highest BCUT2D eigenvalue weighted by atomic mass is 32.2. The Bertz CT molecular complexity index is 1250. The topological polar surface area (TPSA) is 118 Å². The lowest BCUT2D eigenvalue weighted by molar-refractivity contribution is 0.397. The minimum atomic E-state index is -3.89. The van der Waals surface area contributed by atoms with Crippen molar-refractivity contribution >= 4 is 27.1 Å². The van der Waals surface area contributed by atoms with Gasteiger partial charge in [0, 0.05) is 20.3 Å². The minimum absolute atomic E-state index is 0.0506. The summed E-state index contributed by atoms with van der Waals surface area (Å²) >= 11 is 0. The molecule has 1 aromatic heterocycles. The lowest BCUT2D eigenvalue weighted by Crippen LogP contribution is -2.37. The molecule has 9 nitrogen and oxygen atoms in total. The number of ether oxygens (including phenoxy) is 1. The van der Waals surface area contributed by atoms with Crippen molar-refractivity contribution in [3.8, 4) is 5.75 Å². The van der Waals surface area contributed by atoms with Gasteiger partial charge in [0.1, 0.15) is 11.4 Å². The molecular weight excluding hydrogens is 420 g/mol. The van der Waals surface area contributed by atoms with Crippen LogP contribution in [0.1, 0.15) is 24.9 Å². The van der Waals surface area contributed by atoms with E-state index in [1.807, 2.05) is 37.3 Å². The van der Waals surface area contributed by atoms with E-state index in [-0.39, 0.29) is 33.9 Å². The van der Waals surface area contributed by atoms with Gasteiger partial charge in [-0.3, -0.25) is 9.59 Å². The van der Waals surface area contributed by atoms with Gasteiger partial charge in [-0.25, -0.2) is 17.7 Å². The smallest absolute Gasteiger partial charge is 0.263 e. The molecule has 0 radical (unpaired) electrons. The maximum atomic E-state index is 12.6. The third-order valence-electron chi connectivity index (χ3n) is 4.90. The summed E-state index contributed by atoms with van der Waals surface area (Å²) in [5, 5.41) is 5.70. The Kier molecular flexibility index (Phi) is 6.42. The van der Waals surface area contributed by atoms with Crippen molar-refractivity contribution < 1.29 is 13.2 Å². The molecule has 0 spiro atoms. The molecule has 1 unspecified atom stereocenters. The molecule has 3 rings (SSSR count). The van der Waals surface area contributed by atoms with Crippen LogP contribution in [-0.4, -0.2) is 38.9 Å². The molecule has 0 bridgehead atoms. The van der Waals surface area contributed by atoms with Crippen LogP contribution in [0.5, 0.6) is 5.75 Å². The van der Waals surface area contributed by atoms with Gasteiger partial charge in [0.05, 0.1) is 18.8 Å². The molecule has 0 saturated heterocycles. The number of nitrogens with zero attached hydrogens (tertiary/aromatic N) is 2. The van der Waals surface area contributed by atoms with Crippen molar-refractivity contribution in [2.24, 2.45) is 0 Å². The van der Waals surface area contributed by atoms with E-state index in [0.29, 0.717) is 6.42 Å². The highest BCUT2D eigenvalue weighted by Crippen LogP contribution is 2.35. The second-order valence-electron chi connectivity index (χ2n) is 7.03. The van der Waals surface area contributed by atoms with Crippen LogP contribution in [0, 0.1) is 0 Å². The van der Waals surface area contributed by atoms with Crippen LogP contribution in [0.4, 0.5) is 17.1 Å². The summed E-state index contributed by atoms with van der Waals surface area (Å²) in [6.07, 6.45) is 1.98. The zero-order chi connectivity index (χ0) is 22.8. The highest BCUT2D eigenvalue weighted by Gasteiger charge is 2.29. The van der Waals surface area contributed by atoms with Crippen molar-refractivity contribution in [1.82, 2.24) is 9.29 Å². The Balaban J connectivity index is 1.98. The number of benzene rings is 1. The van der Waals surface area contributed by atoms with Gasteiger partial charge in [0.2, 0.25) is 5.03 Å². The number of anilines is 3. The molecule has 2 aromatic carbocycles. The lowest BCUT2D eigenvalue weighted by atomic mass is 10.0. The third kappa shape index (κ3) is 4.17. The van der Waals surface area contributed by atoms with Crippen molar-refractivity contribution in [3.05, 3.63) is 68.6 Å². The molecule has 0 aliphatic rings. The van der Waals surface area contributed by atoms with Crippen LogP contribution in [0.15, 0.2) is 57.2 Å². The zero-order valence-corrected chi connectivity index (χ0v) is 18.5. The molecule has 0 amide bonds. The number of rotatable bonds is 9. The third-order valence-corrected chi connectivity index (χ3v) is 6.64. The van der Waals surface area contributed by atoms with Crippen molar-refractivity contribution in [2.45, 2.75) is 24.4 Å². The Hall–Kier alpha value is -3.24. The summed E-state index contributed by atoms with van der Waals surface area (Å²) in [6.45, 7) is 1.97. The number of sulfonamides is 1. The van der Waals surface area contributed by atoms with E-state index in [4.69, 9.17) is 4.74 Å². The van der Waals surface area contributed by atoms with E-state index >= 15 is 0 Å². The van der Waals surface area contributed by atoms with Gasteiger partial charge in [-0.15, -0.1) is 0 Å². The number of nitrogens with one attached hydrogen (secondary N) is 2. The standard InChI is InChI=1S/C21H24N4O5S/c1-5-14(13-9-7-6-8-10-13)23-16-17(19(27)18(16)26)24-15-11-12-22-21(20(15)30-4)31(28,29)25(2)3/h6-12,14,23H,5H2,1-4H3,(H,22,24). The Morgan fingerprint density at radius 1 is 1.06 bits per heavy atom. The largest absolute Gasteiger partial charge is 0.492 e. The van der Waals surface area contributed by atoms with Crippen LogP contribution < -0.4 is 26.2 Å².